The molecule has 0 aliphatic carbocycles. The van der Waals surface area contributed by atoms with Crippen molar-refractivity contribution in [3.05, 3.63) is 28.5 Å². The molecule has 0 bridgehead atoms. The molecule has 0 N–H and O–H groups in total. The van der Waals surface area contributed by atoms with Crippen LogP contribution in [0, 0.1) is 0 Å². The highest BCUT2D eigenvalue weighted by Crippen LogP contribution is 2.22. The normalized spacial score (nSPS) is 12.0. The van der Waals surface area contributed by atoms with E-state index in [1.165, 1.54) is 37.0 Å². The van der Waals surface area contributed by atoms with Gasteiger partial charge in [0, 0.05) is 0 Å². The Morgan fingerprint density at radius 3 is 2.80 bits per heavy atom. The first-order valence-electron chi connectivity index (χ1n) is 5.74. The Bertz CT molecular complexity index is 275. The van der Waals surface area contributed by atoms with E-state index in [9.17, 15) is 4.39 Å². The highest BCUT2D eigenvalue weighted by molar-refractivity contribution is 7.11. The van der Waals surface area contributed by atoms with Gasteiger partial charge in [0.1, 0.15) is 5.83 Å². The standard InChI is InChI=1S/C13H19FS/c1-2-3-4-5-6-7-9-12(14)13-10-8-11-15-13/h8-11H,2-7H2,1H3/b12-9-. The molecule has 0 saturated heterocycles. The third kappa shape index (κ3) is 5.12. The summed E-state index contributed by atoms with van der Waals surface area (Å²) in [6, 6.07) is 3.71. The van der Waals surface area contributed by atoms with Crippen molar-refractivity contribution >= 4 is 17.2 Å². The molecular formula is C13H19FS. The minimum Gasteiger partial charge on any atom is -0.206 e. The van der Waals surface area contributed by atoms with Crippen molar-refractivity contribution in [1.29, 1.82) is 0 Å². The molecule has 0 aliphatic rings. The molecule has 0 fully saturated rings. The van der Waals surface area contributed by atoms with Gasteiger partial charge in [-0.15, -0.1) is 11.3 Å². The van der Waals surface area contributed by atoms with Gasteiger partial charge in [-0.1, -0.05) is 38.7 Å². The highest BCUT2D eigenvalue weighted by Gasteiger charge is 1.99. The lowest BCUT2D eigenvalue weighted by Gasteiger charge is -1.97. The molecule has 1 heterocycles. The molecule has 0 amide bonds. The summed E-state index contributed by atoms with van der Waals surface area (Å²) in [6.07, 6.45) is 8.77. The number of unbranched alkanes of at least 4 members (excludes halogenated alkanes) is 5. The first-order chi connectivity index (χ1) is 7.34. The Labute approximate surface area is 95.8 Å². The van der Waals surface area contributed by atoms with Crippen molar-refractivity contribution in [2.45, 2.75) is 45.4 Å². The van der Waals surface area contributed by atoms with Gasteiger partial charge in [0.05, 0.1) is 4.88 Å². The number of thiophene rings is 1. The molecule has 1 aromatic rings. The third-order valence-electron chi connectivity index (χ3n) is 2.39. The van der Waals surface area contributed by atoms with E-state index >= 15 is 0 Å². The maximum atomic E-state index is 13.4. The Kier molecular flexibility index (Phi) is 6.33. The summed E-state index contributed by atoms with van der Waals surface area (Å²) >= 11 is 1.46. The second-order valence-electron chi connectivity index (χ2n) is 3.73. The van der Waals surface area contributed by atoms with E-state index in [-0.39, 0.29) is 5.83 Å². The Morgan fingerprint density at radius 1 is 1.33 bits per heavy atom. The molecule has 0 saturated carbocycles. The van der Waals surface area contributed by atoms with Crippen molar-refractivity contribution in [3.63, 3.8) is 0 Å². The summed E-state index contributed by atoms with van der Waals surface area (Å²) in [7, 11) is 0. The Balaban J connectivity index is 2.15. The fraction of sp³-hybridized carbons (Fsp3) is 0.538. The maximum Gasteiger partial charge on any atom is 0.136 e. The summed E-state index contributed by atoms with van der Waals surface area (Å²) in [4.78, 5) is 0.753. The average molecular weight is 226 g/mol. The topological polar surface area (TPSA) is 0 Å². The van der Waals surface area contributed by atoms with E-state index in [1.807, 2.05) is 17.5 Å². The van der Waals surface area contributed by atoms with Crippen LogP contribution in [0.5, 0.6) is 0 Å². The molecule has 0 aromatic carbocycles. The molecule has 0 spiro atoms. The zero-order valence-corrected chi connectivity index (χ0v) is 10.2. The molecule has 0 nitrogen and oxygen atoms in total. The molecule has 0 aliphatic heterocycles. The van der Waals surface area contributed by atoms with Crippen LogP contribution in [0.4, 0.5) is 4.39 Å². The second-order valence-corrected chi connectivity index (χ2v) is 4.68. The summed E-state index contributed by atoms with van der Waals surface area (Å²) in [6.45, 7) is 2.20. The molecule has 1 aromatic heterocycles. The number of hydrogen-bond acceptors (Lipinski definition) is 1. The second kappa shape index (κ2) is 7.63. The lowest BCUT2D eigenvalue weighted by Crippen LogP contribution is -1.77. The predicted molar refractivity (Wildman–Crippen MR) is 66.8 cm³/mol. The largest absolute Gasteiger partial charge is 0.206 e. The zero-order valence-electron chi connectivity index (χ0n) is 9.34. The van der Waals surface area contributed by atoms with Crippen LogP contribution in [0.25, 0.3) is 5.83 Å². The summed E-state index contributed by atoms with van der Waals surface area (Å²) in [5, 5.41) is 1.91. The molecule has 0 radical (unpaired) electrons. The van der Waals surface area contributed by atoms with Gasteiger partial charge in [-0.2, -0.15) is 0 Å². The van der Waals surface area contributed by atoms with Crippen molar-refractivity contribution in [3.8, 4) is 0 Å². The van der Waals surface area contributed by atoms with Crippen LogP contribution >= 0.6 is 11.3 Å². The Hall–Kier alpha value is -0.630. The predicted octanol–water partition coefficient (Wildman–Crippen LogP) is 5.42. The van der Waals surface area contributed by atoms with Crippen molar-refractivity contribution in [1.82, 2.24) is 0 Å². The van der Waals surface area contributed by atoms with Gasteiger partial charge in [0.15, 0.2) is 0 Å². The third-order valence-corrected chi connectivity index (χ3v) is 3.27. The van der Waals surface area contributed by atoms with E-state index in [4.69, 9.17) is 0 Å². The quantitative estimate of drug-likeness (QED) is 0.545. The molecule has 2 heteroatoms. The van der Waals surface area contributed by atoms with Crippen LogP contribution in [0.1, 0.15) is 50.3 Å². The van der Waals surface area contributed by atoms with Crippen LogP contribution < -0.4 is 0 Å². The van der Waals surface area contributed by atoms with Gasteiger partial charge in [-0.3, -0.25) is 0 Å². The molecule has 84 valence electrons. The van der Waals surface area contributed by atoms with Crippen molar-refractivity contribution in [2.24, 2.45) is 0 Å². The first-order valence-corrected chi connectivity index (χ1v) is 6.62. The van der Waals surface area contributed by atoms with E-state index in [0.717, 1.165) is 17.7 Å². The number of halogens is 1. The summed E-state index contributed by atoms with van der Waals surface area (Å²) in [5.41, 5.74) is 0. The van der Waals surface area contributed by atoms with Gasteiger partial charge in [-0.25, -0.2) is 4.39 Å². The van der Waals surface area contributed by atoms with Crippen LogP contribution in [-0.4, -0.2) is 0 Å². The van der Waals surface area contributed by atoms with E-state index in [1.54, 1.807) is 6.08 Å². The average Bonchev–Trinajstić information content (AvgIpc) is 2.76. The van der Waals surface area contributed by atoms with Gasteiger partial charge < -0.3 is 0 Å². The summed E-state index contributed by atoms with van der Waals surface area (Å²) in [5.74, 6) is -0.0551. The van der Waals surface area contributed by atoms with E-state index in [2.05, 4.69) is 6.92 Å². The van der Waals surface area contributed by atoms with Gasteiger partial charge >= 0.3 is 0 Å². The number of rotatable bonds is 7. The van der Waals surface area contributed by atoms with Gasteiger partial charge in [0.25, 0.3) is 0 Å². The monoisotopic (exact) mass is 226 g/mol. The fourth-order valence-corrected chi connectivity index (χ4v) is 2.15. The highest BCUT2D eigenvalue weighted by atomic mass is 32.1. The van der Waals surface area contributed by atoms with Crippen molar-refractivity contribution in [2.75, 3.05) is 0 Å². The van der Waals surface area contributed by atoms with Crippen LogP contribution in [0.3, 0.4) is 0 Å². The molecule has 1 rings (SSSR count). The van der Waals surface area contributed by atoms with Crippen LogP contribution in [0.15, 0.2) is 23.6 Å². The first kappa shape index (κ1) is 12.4. The fourth-order valence-electron chi connectivity index (χ4n) is 1.49. The Morgan fingerprint density at radius 2 is 2.13 bits per heavy atom. The number of allylic oxidation sites excluding steroid dienone is 1. The molecule has 15 heavy (non-hydrogen) atoms. The smallest absolute Gasteiger partial charge is 0.136 e. The number of hydrogen-bond donors (Lipinski definition) is 0. The van der Waals surface area contributed by atoms with Gasteiger partial charge in [-0.05, 0) is 30.4 Å². The van der Waals surface area contributed by atoms with E-state index in [0.29, 0.717) is 0 Å². The lowest BCUT2D eigenvalue weighted by molar-refractivity contribution is 0.635. The lowest BCUT2D eigenvalue weighted by atomic mass is 10.1. The minimum atomic E-state index is -0.0551. The molecular weight excluding hydrogens is 207 g/mol. The van der Waals surface area contributed by atoms with E-state index < -0.39 is 0 Å². The van der Waals surface area contributed by atoms with Crippen LogP contribution in [0.2, 0.25) is 0 Å². The molecule has 0 unspecified atom stereocenters. The zero-order chi connectivity index (χ0) is 10.9. The molecule has 0 atom stereocenters. The van der Waals surface area contributed by atoms with Crippen LogP contribution in [-0.2, 0) is 0 Å². The maximum absolute atomic E-state index is 13.4. The SMILES string of the molecule is CCCCCCC/C=C(\F)c1cccs1. The minimum absolute atomic E-state index is 0.0551. The van der Waals surface area contributed by atoms with Gasteiger partial charge in [0.2, 0.25) is 0 Å². The van der Waals surface area contributed by atoms with Crippen molar-refractivity contribution < 1.29 is 4.39 Å². The summed E-state index contributed by atoms with van der Waals surface area (Å²) < 4.78 is 13.4.